The Morgan fingerprint density at radius 3 is 2.15 bits per heavy atom. The summed E-state index contributed by atoms with van der Waals surface area (Å²) >= 11 is 0. The van der Waals surface area contributed by atoms with Crippen molar-refractivity contribution in [1.82, 2.24) is 4.90 Å². The van der Waals surface area contributed by atoms with Crippen LogP contribution >= 0.6 is 0 Å². The zero-order valence-corrected chi connectivity index (χ0v) is 11.8. The van der Waals surface area contributed by atoms with E-state index in [1.807, 2.05) is 12.1 Å². The molecule has 1 aromatic rings. The molecule has 0 saturated heterocycles. The minimum absolute atomic E-state index is 0.313. The molecule has 0 fully saturated rings. The van der Waals surface area contributed by atoms with Gasteiger partial charge in [-0.25, -0.2) is 0 Å². The molecule has 4 nitrogen and oxygen atoms in total. The van der Waals surface area contributed by atoms with Crippen LogP contribution in [0.4, 0.5) is 5.69 Å². The highest BCUT2D eigenvalue weighted by Gasteiger charge is 2.19. The number of carbonyl (C=O) groups excluding carboxylic acids is 2. The van der Waals surface area contributed by atoms with Gasteiger partial charge in [0, 0.05) is 18.8 Å². The van der Waals surface area contributed by atoms with Crippen LogP contribution < -0.4 is 5.32 Å². The van der Waals surface area contributed by atoms with Gasteiger partial charge in [-0.05, 0) is 24.1 Å². The molecule has 106 valence electrons. The zero-order valence-electron chi connectivity index (χ0n) is 11.8. The Balaban J connectivity index is 2.70. The summed E-state index contributed by atoms with van der Waals surface area (Å²) < 4.78 is 0. The molecule has 0 heterocycles. The van der Waals surface area contributed by atoms with Crippen molar-refractivity contribution in [3.05, 3.63) is 55.1 Å². The molecule has 1 N–H and O–H groups in total. The van der Waals surface area contributed by atoms with Gasteiger partial charge in [-0.2, -0.15) is 0 Å². The summed E-state index contributed by atoms with van der Waals surface area (Å²) in [6.07, 6.45) is 4.08. The number of hydrogen-bond acceptors (Lipinski definition) is 2. The van der Waals surface area contributed by atoms with Gasteiger partial charge in [-0.15, -0.1) is 13.2 Å². The van der Waals surface area contributed by atoms with Crippen molar-refractivity contribution in [2.24, 2.45) is 0 Å². The number of nitrogens with zero attached hydrogens (tertiary/aromatic N) is 1. The standard InChI is InChI=1S/C16H20N2O2/c1-4-11-18(12-5-2)16(20)15(19)17-14-9-7-13(6-3)8-10-14/h4-5,7-10H,1-2,6,11-12H2,3H3,(H,17,19). The molecule has 0 aliphatic heterocycles. The van der Waals surface area contributed by atoms with E-state index in [9.17, 15) is 9.59 Å². The quantitative estimate of drug-likeness (QED) is 0.638. The minimum atomic E-state index is -0.655. The van der Waals surface area contributed by atoms with E-state index in [0.717, 1.165) is 6.42 Å². The number of hydrogen-bond donors (Lipinski definition) is 1. The van der Waals surface area contributed by atoms with Crippen molar-refractivity contribution in [2.45, 2.75) is 13.3 Å². The average molecular weight is 272 g/mol. The molecule has 0 aromatic heterocycles. The summed E-state index contributed by atoms with van der Waals surface area (Å²) in [6.45, 7) is 9.82. The molecule has 0 bridgehead atoms. The van der Waals surface area contributed by atoms with Gasteiger partial charge in [0.25, 0.3) is 0 Å². The summed E-state index contributed by atoms with van der Waals surface area (Å²) in [4.78, 5) is 25.2. The molecule has 20 heavy (non-hydrogen) atoms. The number of carbonyl (C=O) groups is 2. The molecule has 0 atom stereocenters. The van der Waals surface area contributed by atoms with Crippen LogP contribution in [0.15, 0.2) is 49.6 Å². The molecule has 0 radical (unpaired) electrons. The Labute approximate surface area is 119 Å². The first-order valence-corrected chi connectivity index (χ1v) is 6.53. The molecular formula is C16H20N2O2. The molecule has 1 aromatic carbocycles. The number of aryl methyl sites for hydroxylation is 1. The zero-order chi connectivity index (χ0) is 15.0. The number of anilines is 1. The smallest absolute Gasteiger partial charge is 0.313 e. The van der Waals surface area contributed by atoms with Gasteiger partial charge in [0.15, 0.2) is 0 Å². The Kier molecular flexibility index (Phi) is 6.23. The number of amides is 2. The van der Waals surface area contributed by atoms with Crippen LogP contribution in [-0.2, 0) is 16.0 Å². The highest BCUT2D eigenvalue weighted by atomic mass is 16.2. The van der Waals surface area contributed by atoms with Crippen LogP contribution in [0.5, 0.6) is 0 Å². The molecular weight excluding hydrogens is 252 g/mol. The number of benzene rings is 1. The van der Waals surface area contributed by atoms with Crippen molar-refractivity contribution >= 4 is 17.5 Å². The summed E-state index contributed by atoms with van der Waals surface area (Å²) in [5, 5.41) is 2.59. The molecule has 0 aliphatic carbocycles. The van der Waals surface area contributed by atoms with Crippen LogP contribution in [-0.4, -0.2) is 29.8 Å². The van der Waals surface area contributed by atoms with Gasteiger partial charge in [0.1, 0.15) is 0 Å². The third-order valence-electron chi connectivity index (χ3n) is 2.80. The van der Waals surface area contributed by atoms with Crippen LogP contribution in [0, 0.1) is 0 Å². The van der Waals surface area contributed by atoms with E-state index in [1.165, 1.54) is 10.5 Å². The maximum atomic E-state index is 12.0. The first-order chi connectivity index (χ1) is 9.62. The Morgan fingerprint density at radius 2 is 1.70 bits per heavy atom. The van der Waals surface area contributed by atoms with E-state index in [0.29, 0.717) is 18.8 Å². The van der Waals surface area contributed by atoms with Gasteiger partial charge < -0.3 is 10.2 Å². The predicted octanol–water partition coefficient (Wildman–Crippen LogP) is 2.39. The third-order valence-corrected chi connectivity index (χ3v) is 2.80. The normalized spacial score (nSPS) is 9.65. The van der Waals surface area contributed by atoms with Crippen molar-refractivity contribution in [3.8, 4) is 0 Å². The Bertz CT molecular complexity index is 482. The van der Waals surface area contributed by atoms with Gasteiger partial charge in [-0.1, -0.05) is 31.2 Å². The first-order valence-electron chi connectivity index (χ1n) is 6.53. The molecule has 0 unspecified atom stereocenters. The average Bonchev–Trinajstić information content (AvgIpc) is 2.47. The summed E-state index contributed by atoms with van der Waals surface area (Å²) in [6, 6.07) is 7.42. The highest BCUT2D eigenvalue weighted by Crippen LogP contribution is 2.10. The van der Waals surface area contributed by atoms with E-state index >= 15 is 0 Å². The number of nitrogens with one attached hydrogen (secondary N) is 1. The molecule has 0 aliphatic rings. The van der Waals surface area contributed by atoms with Crippen LogP contribution in [0.25, 0.3) is 0 Å². The third kappa shape index (κ3) is 4.39. The van der Waals surface area contributed by atoms with E-state index in [2.05, 4.69) is 25.4 Å². The second kappa shape index (κ2) is 7.94. The lowest BCUT2D eigenvalue weighted by Crippen LogP contribution is -2.39. The monoisotopic (exact) mass is 272 g/mol. The van der Waals surface area contributed by atoms with Crippen molar-refractivity contribution in [2.75, 3.05) is 18.4 Å². The van der Waals surface area contributed by atoms with Crippen molar-refractivity contribution in [3.63, 3.8) is 0 Å². The second-order valence-corrected chi connectivity index (χ2v) is 4.29. The van der Waals surface area contributed by atoms with Crippen molar-refractivity contribution in [1.29, 1.82) is 0 Å². The van der Waals surface area contributed by atoms with E-state index in [1.54, 1.807) is 24.3 Å². The fourth-order valence-corrected chi connectivity index (χ4v) is 1.70. The van der Waals surface area contributed by atoms with Gasteiger partial charge in [0.05, 0.1) is 0 Å². The lowest BCUT2D eigenvalue weighted by molar-refractivity contribution is -0.142. The fraction of sp³-hybridized carbons (Fsp3) is 0.250. The maximum Gasteiger partial charge on any atom is 0.313 e. The predicted molar refractivity (Wildman–Crippen MR) is 81.4 cm³/mol. The number of rotatable bonds is 6. The van der Waals surface area contributed by atoms with E-state index < -0.39 is 11.8 Å². The Hall–Kier alpha value is -2.36. The summed E-state index contributed by atoms with van der Waals surface area (Å²) in [7, 11) is 0. The SMILES string of the molecule is C=CCN(CC=C)C(=O)C(=O)Nc1ccc(CC)cc1. The molecule has 4 heteroatoms. The van der Waals surface area contributed by atoms with E-state index in [4.69, 9.17) is 0 Å². The summed E-state index contributed by atoms with van der Waals surface area (Å²) in [5.41, 5.74) is 1.78. The first kappa shape index (κ1) is 15.7. The molecule has 0 spiro atoms. The van der Waals surface area contributed by atoms with Crippen LogP contribution in [0.1, 0.15) is 12.5 Å². The van der Waals surface area contributed by atoms with Gasteiger partial charge >= 0.3 is 11.8 Å². The highest BCUT2D eigenvalue weighted by molar-refractivity contribution is 6.39. The minimum Gasteiger partial charge on any atom is -0.327 e. The topological polar surface area (TPSA) is 49.4 Å². The van der Waals surface area contributed by atoms with Crippen LogP contribution in [0.2, 0.25) is 0 Å². The van der Waals surface area contributed by atoms with Gasteiger partial charge in [0.2, 0.25) is 0 Å². The van der Waals surface area contributed by atoms with E-state index in [-0.39, 0.29) is 0 Å². The van der Waals surface area contributed by atoms with Crippen molar-refractivity contribution < 1.29 is 9.59 Å². The summed E-state index contributed by atoms with van der Waals surface area (Å²) in [5.74, 6) is -1.25. The lowest BCUT2D eigenvalue weighted by Gasteiger charge is -2.18. The Morgan fingerprint density at radius 1 is 1.15 bits per heavy atom. The van der Waals surface area contributed by atoms with Gasteiger partial charge in [-0.3, -0.25) is 9.59 Å². The lowest BCUT2D eigenvalue weighted by atomic mass is 10.1. The van der Waals surface area contributed by atoms with Crippen LogP contribution in [0.3, 0.4) is 0 Å². The molecule has 1 rings (SSSR count). The molecule has 0 saturated carbocycles. The molecule has 2 amide bonds. The second-order valence-electron chi connectivity index (χ2n) is 4.29. The largest absolute Gasteiger partial charge is 0.327 e. The fourth-order valence-electron chi connectivity index (χ4n) is 1.70. The maximum absolute atomic E-state index is 12.0.